The quantitative estimate of drug-likeness (QED) is 0.691. The first kappa shape index (κ1) is 14.1. The molecule has 1 aromatic carbocycles. The number of benzene rings is 1. The van der Waals surface area contributed by atoms with Crippen LogP contribution in [-0.2, 0) is 0 Å². The van der Waals surface area contributed by atoms with Crippen LogP contribution < -0.4 is 0 Å². The first-order valence-corrected chi connectivity index (χ1v) is 6.11. The summed E-state index contributed by atoms with van der Waals surface area (Å²) in [7, 11) is 0. The van der Waals surface area contributed by atoms with Gasteiger partial charge in [0, 0.05) is 6.54 Å². The number of hydrogen-bond donors (Lipinski definition) is 0. The normalized spacial score (nSPS) is 11.6. The maximum Gasteiger partial charge on any atom is 0.0756 e. The van der Waals surface area contributed by atoms with Crippen molar-refractivity contribution in [2.45, 2.75) is 20.8 Å². The zero-order valence-corrected chi connectivity index (χ0v) is 11.4. The summed E-state index contributed by atoms with van der Waals surface area (Å²) in [5, 5.41) is 0. The summed E-state index contributed by atoms with van der Waals surface area (Å²) in [6.07, 6.45) is 3.79. The van der Waals surface area contributed by atoms with E-state index < -0.39 is 0 Å². The minimum Gasteiger partial charge on any atom is -0.284 e. The van der Waals surface area contributed by atoms with Gasteiger partial charge < -0.3 is 0 Å². The van der Waals surface area contributed by atoms with Crippen LogP contribution in [0.2, 0.25) is 0 Å². The predicted octanol–water partition coefficient (Wildman–Crippen LogP) is 4.16. The van der Waals surface area contributed by atoms with E-state index in [9.17, 15) is 0 Å². The van der Waals surface area contributed by atoms with E-state index in [4.69, 9.17) is 0 Å². The summed E-state index contributed by atoms with van der Waals surface area (Å²) >= 11 is 0. The minimum atomic E-state index is 0.751. The van der Waals surface area contributed by atoms with E-state index in [2.05, 4.69) is 16.6 Å². The molecular formula is C16H20N2. The van der Waals surface area contributed by atoms with Crippen molar-refractivity contribution >= 4 is 17.6 Å². The van der Waals surface area contributed by atoms with Crippen molar-refractivity contribution in [3.63, 3.8) is 0 Å². The van der Waals surface area contributed by atoms with Crippen LogP contribution >= 0.6 is 0 Å². The molecule has 18 heavy (non-hydrogen) atoms. The van der Waals surface area contributed by atoms with Gasteiger partial charge in [0.05, 0.1) is 17.6 Å². The van der Waals surface area contributed by atoms with E-state index in [1.165, 1.54) is 5.57 Å². The predicted molar refractivity (Wildman–Crippen MR) is 81.4 cm³/mol. The van der Waals surface area contributed by atoms with Crippen molar-refractivity contribution in [2.24, 2.45) is 9.98 Å². The van der Waals surface area contributed by atoms with Crippen molar-refractivity contribution < 1.29 is 0 Å². The minimum absolute atomic E-state index is 0.751. The van der Waals surface area contributed by atoms with Crippen LogP contribution in [0.4, 0.5) is 0 Å². The third kappa shape index (κ3) is 4.91. The molecular weight excluding hydrogens is 220 g/mol. The summed E-state index contributed by atoms with van der Waals surface area (Å²) in [5.74, 6) is 0. The SMILES string of the molecule is C=C(N=CC(C=C(C)C)=NCC)c1ccccc1. The fraction of sp³-hybridized carbons (Fsp3) is 0.250. The molecule has 0 aliphatic heterocycles. The van der Waals surface area contributed by atoms with E-state index in [1.54, 1.807) is 6.21 Å². The van der Waals surface area contributed by atoms with Gasteiger partial charge >= 0.3 is 0 Å². The topological polar surface area (TPSA) is 24.7 Å². The average Bonchev–Trinajstić information content (AvgIpc) is 2.36. The Hall–Kier alpha value is -1.96. The van der Waals surface area contributed by atoms with Crippen molar-refractivity contribution in [3.8, 4) is 0 Å². The van der Waals surface area contributed by atoms with Gasteiger partial charge in [-0.05, 0) is 32.4 Å². The number of nitrogens with zero attached hydrogens (tertiary/aromatic N) is 2. The summed E-state index contributed by atoms with van der Waals surface area (Å²) in [6, 6.07) is 9.93. The maximum atomic E-state index is 4.38. The van der Waals surface area contributed by atoms with Gasteiger partial charge in [-0.1, -0.05) is 42.5 Å². The smallest absolute Gasteiger partial charge is 0.0756 e. The van der Waals surface area contributed by atoms with E-state index in [0.717, 1.165) is 23.5 Å². The Balaban J connectivity index is 2.82. The fourth-order valence-electron chi connectivity index (χ4n) is 1.45. The molecule has 0 saturated heterocycles. The highest BCUT2D eigenvalue weighted by atomic mass is 14.8. The van der Waals surface area contributed by atoms with E-state index in [-0.39, 0.29) is 0 Å². The van der Waals surface area contributed by atoms with Gasteiger partial charge in [-0.3, -0.25) is 9.98 Å². The Morgan fingerprint density at radius 2 is 1.89 bits per heavy atom. The van der Waals surface area contributed by atoms with Crippen molar-refractivity contribution in [1.82, 2.24) is 0 Å². The van der Waals surface area contributed by atoms with Gasteiger partial charge in [0.1, 0.15) is 0 Å². The highest BCUT2D eigenvalue weighted by molar-refractivity contribution is 6.36. The van der Waals surface area contributed by atoms with Crippen LogP contribution in [0.1, 0.15) is 26.3 Å². The van der Waals surface area contributed by atoms with Gasteiger partial charge in [-0.2, -0.15) is 0 Å². The lowest BCUT2D eigenvalue weighted by Crippen LogP contribution is -1.97. The molecule has 0 fully saturated rings. The first-order chi connectivity index (χ1) is 8.63. The molecule has 0 amide bonds. The van der Waals surface area contributed by atoms with E-state index in [0.29, 0.717) is 0 Å². The Morgan fingerprint density at radius 3 is 2.44 bits per heavy atom. The molecule has 1 rings (SSSR count). The Kier molecular flexibility index (Phi) is 5.78. The molecule has 0 heterocycles. The molecule has 2 nitrogen and oxygen atoms in total. The highest BCUT2D eigenvalue weighted by Gasteiger charge is 1.95. The number of allylic oxidation sites excluding steroid dienone is 2. The molecule has 0 saturated carbocycles. The molecule has 0 aliphatic rings. The summed E-state index contributed by atoms with van der Waals surface area (Å²) in [5.41, 5.74) is 3.87. The van der Waals surface area contributed by atoms with E-state index >= 15 is 0 Å². The second-order valence-corrected chi connectivity index (χ2v) is 4.19. The van der Waals surface area contributed by atoms with Crippen LogP contribution in [-0.4, -0.2) is 18.5 Å². The molecule has 0 spiro atoms. The summed E-state index contributed by atoms with van der Waals surface area (Å²) in [6.45, 7) is 10.8. The Morgan fingerprint density at radius 1 is 1.22 bits per heavy atom. The average molecular weight is 240 g/mol. The van der Waals surface area contributed by atoms with Crippen LogP contribution in [0.25, 0.3) is 5.70 Å². The van der Waals surface area contributed by atoms with Gasteiger partial charge in [0.15, 0.2) is 0 Å². The number of rotatable bonds is 5. The lowest BCUT2D eigenvalue weighted by Gasteiger charge is -1.99. The molecule has 0 N–H and O–H groups in total. The first-order valence-electron chi connectivity index (χ1n) is 6.11. The molecule has 0 aromatic heterocycles. The van der Waals surface area contributed by atoms with Crippen molar-refractivity contribution in [3.05, 3.63) is 54.1 Å². The third-order valence-electron chi connectivity index (χ3n) is 2.24. The zero-order valence-electron chi connectivity index (χ0n) is 11.4. The largest absolute Gasteiger partial charge is 0.284 e. The summed E-state index contributed by atoms with van der Waals surface area (Å²) < 4.78 is 0. The van der Waals surface area contributed by atoms with Crippen LogP contribution in [0.15, 0.2) is 58.5 Å². The molecule has 1 aromatic rings. The van der Waals surface area contributed by atoms with Crippen LogP contribution in [0, 0.1) is 0 Å². The molecule has 94 valence electrons. The van der Waals surface area contributed by atoms with E-state index in [1.807, 2.05) is 57.2 Å². The van der Waals surface area contributed by atoms with Gasteiger partial charge in [0.25, 0.3) is 0 Å². The van der Waals surface area contributed by atoms with Crippen molar-refractivity contribution in [2.75, 3.05) is 6.54 Å². The van der Waals surface area contributed by atoms with Crippen LogP contribution in [0.3, 0.4) is 0 Å². The van der Waals surface area contributed by atoms with Crippen LogP contribution in [0.5, 0.6) is 0 Å². The fourth-order valence-corrected chi connectivity index (χ4v) is 1.45. The second kappa shape index (κ2) is 7.38. The van der Waals surface area contributed by atoms with Gasteiger partial charge in [-0.25, -0.2) is 0 Å². The lowest BCUT2D eigenvalue weighted by atomic mass is 10.2. The standard InChI is InChI=1S/C16H20N2/c1-5-17-16(11-13(2)3)12-18-14(4)15-9-7-6-8-10-15/h6-12H,4-5H2,1-3H3. The second-order valence-electron chi connectivity index (χ2n) is 4.19. The number of hydrogen-bond acceptors (Lipinski definition) is 2. The highest BCUT2D eigenvalue weighted by Crippen LogP contribution is 2.11. The Labute approximate surface area is 109 Å². The molecule has 0 radical (unpaired) electrons. The van der Waals surface area contributed by atoms with Gasteiger partial charge in [-0.15, -0.1) is 0 Å². The summed E-state index contributed by atoms with van der Waals surface area (Å²) in [4.78, 5) is 8.75. The molecule has 0 unspecified atom stereocenters. The maximum absolute atomic E-state index is 4.38. The molecule has 0 bridgehead atoms. The molecule has 0 atom stereocenters. The Bertz CT molecular complexity index is 475. The van der Waals surface area contributed by atoms with Gasteiger partial charge in [0.2, 0.25) is 0 Å². The monoisotopic (exact) mass is 240 g/mol. The molecule has 0 aliphatic carbocycles. The molecule has 2 heteroatoms. The number of aliphatic imine (C=N–C) groups is 2. The van der Waals surface area contributed by atoms with Crippen molar-refractivity contribution in [1.29, 1.82) is 0 Å². The lowest BCUT2D eigenvalue weighted by molar-refractivity contribution is 1.14. The zero-order chi connectivity index (χ0) is 13.4. The third-order valence-corrected chi connectivity index (χ3v) is 2.24.